The van der Waals surface area contributed by atoms with E-state index >= 15 is 0 Å². The predicted molar refractivity (Wildman–Crippen MR) is 118 cm³/mol. The Morgan fingerprint density at radius 1 is 1.06 bits per heavy atom. The molecule has 0 aliphatic carbocycles. The second-order valence-corrected chi connectivity index (χ2v) is 7.55. The average molecular weight is 452 g/mol. The summed E-state index contributed by atoms with van der Waals surface area (Å²) in [5, 5.41) is 23.2. The minimum atomic E-state index is -1.18. The molecule has 0 bridgehead atoms. The molecule has 170 valence electrons. The van der Waals surface area contributed by atoms with Crippen molar-refractivity contribution in [2.24, 2.45) is 7.05 Å². The van der Waals surface area contributed by atoms with Gasteiger partial charge in [-0.2, -0.15) is 10.2 Å². The van der Waals surface area contributed by atoms with E-state index in [-0.39, 0.29) is 18.9 Å². The molecule has 0 atom stereocenters. The van der Waals surface area contributed by atoms with Crippen LogP contribution in [-0.2, 0) is 28.0 Å². The molecule has 0 saturated carbocycles. The van der Waals surface area contributed by atoms with Crippen molar-refractivity contribution in [2.75, 3.05) is 13.1 Å². The predicted octanol–water partition coefficient (Wildman–Crippen LogP) is 1.35. The topological polar surface area (TPSA) is 131 Å². The lowest BCUT2D eigenvalue weighted by Gasteiger charge is -2.09. The number of rotatable bonds is 7. The molecule has 2 heterocycles. The maximum atomic E-state index is 15.0. The van der Waals surface area contributed by atoms with Crippen molar-refractivity contribution >= 4 is 39.6 Å². The van der Waals surface area contributed by atoms with Gasteiger partial charge in [-0.15, -0.1) is 0 Å². The van der Waals surface area contributed by atoms with Gasteiger partial charge < -0.3 is 15.7 Å². The highest BCUT2D eigenvalue weighted by Crippen LogP contribution is 2.34. The van der Waals surface area contributed by atoms with Gasteiger partial charge in [0.15, 0.2) is 0 Å². The summed E-state index contributed by atoms with van der Waals surface area (Å²) < 4.78 is 18.1. The Kier molecular flexibility index (Phi) is 5.78. The van der Waals surface area contributed by atoms with Crippen molar-refractivity contribution in [3.8, 4) is 11.1 Å². The van der Waals surface area contributed by atoms with Crippen LogP contribution in [0.3, 0.4) is 0 Å². The Balaban J connectivity index is 1.61. The lowest BCUT2D eigenvalue weighted by Crippen LogP contribution is -2.40. The lowest BCUT2D eigenvalue weighted by molar-refractivity contribution is -0.137. The number of carbonyl (C=O) groups excluding carboxylic acids is 2. The van der Waals surface area contributed by atoms with Crippen LogP contribution in [0.25, 0.3) is 32.9 Å². The van der Waals surface area contributed by atoms with Crippen molar-refractivity contribution in [1.29, 1.82) is 0 Å². The first-order chi connectivity index (χ1) is 15.7. The maximum absolute atomic E-state index is 15.0. The van der Waals surface area contributed by atoms with E-state index in [0.29, 0.717) is 33.1 Å². The summed E-state index contributed by atoms with van der Waals surface area (Å²) in [5.41, 5.74) is 3.09. The number of nitrogens with zero attached hydrogens (tertiary/aromatic N) is 4. The molecule has 0 radical (unpaired) electrons. The van der Waals surface area contributed by atoms with E-state index in [9.17, 15) is 18.8 Å². The monoisotopic (exact) mass is 452 g/mol. The fourth-order valence-electron chi connectivity index (χ4n) is 3.75. The average Bonchev–Trinajstić information content (AvgIpc) is 3.29. The second kappa shape index (κ2) is 8.69. The molecule has 0 unspecified atom stereocenters. The molecule has 33 heavy (non-hydrogen) atoms. The third-order valence-corrected chi connectivity index (χ3v) is 5.25. The van der Waals surface area contributed by atoms with E-state index in [1.807, 2.05) is 0 Å². The quantitative estimate of drug-likeness (QED) is 0.388. The first-order valence-electron chi connectivity index (χ1n) is 10.1. The zero-order chi connectivity index (χ0) is 23.7. The van der Waals surface area contributed by atoms with Crippen molar-refractivity contribution in [3.63, 3.8) is 0 Å². The van der Waals surface area contributed by atoms with E-state index in [4.69, 9.17) is 5.11 Å². The molecular weight excluding hydrogens is 431 g/mol. The van der Waals surface area contributed by atoms with Gasteiger partial charge in [-0.05, 0) is 30.7 Å². The van der Waals surface area contributed by atoms with E-state index < -0.39 is 24.3 Å². The molecule has 0 fully saturated rings. The van der Waals surface area contributed by atoms with Gasteiger partial charge in [0, 0.05) is 23.4 Å². The van der Waals surface area contributed by atoms with Crippen molar-refractivity contribution in [2.45, 2.75) is 13.5 Å². The number of nitrogens with one attached hydrogen (secondary N) is 2. The van der Waals surface area contributed by atoms with Gasteiger partial charge in [0.1, 0.15) is 18.9 Å². The lowest BCUT2D eigenvalue weighted by atomic mass is 9.98. The Hall–Kier alpha value is -4.28. The van der Waals surface area contributed by atoms with E-state index in [1.165, 1.54) is 10.7 Å². The van der Waals surface area contributed by atoms with Crippen LogP contribution in [0.4, 0.5) is 4.39 Å². The first-order valence-corrected chi connectivity index (χ1v) is 10.1. The standard InChI is InChI=1S/C22H21FN6O4/c1-12-22-14(15-7-18-13(6-16(15)23)8-26-28(18)2)4-3-5-17(22)29(27-12)11-20(31)24-9-19(30)25-10-21(32)33/h3-8H,9-11H2,1-2H3,(H,24,31)(H,25,30)(H,32,33). The number of aryl methyl sites for hydroxylation is 2. The van der Waals surface area contributed by atoms with Crippen LogP contribution >= 0.6 is 0 Å². The summed E-state index contributed by atoms with van der Waals surface area (Å²) in [5.74, 6) is -2.66. The number of aliphatic carboxylic acids is 1. The Labute approximate surface area is 187 Å². The van der Waals surface area contributed by atoms with Crippen molar-refractivity contribution in [1.82, 2.24) is 30.2 Å². The molecule has 10 nitrogen and oxygen atoms in total. The molecule has 0 aliphatic rings. The molecule has 2 aromatic heterocycles. The number of benzene rings is 2. The summed E-state index contributed by atoms with van der Waals surface area (Å²) in [6.45, 7) is 0.733. The van der Waals surface area contributed by atoms with E-state index in [1.54, 1.807) is 49.1 Å². The summed E-state index contributed by atoms with van der Waals surface area (Å²) in [4.78, 5) is 34.4. The number of amides is 2. The van der Waals surface area contributed by atoms with Crippen LogP contribution in [0.1, 0.15) is 5.69 Å². The maximum Gasteiger partial charge on any atom is 0.322 e. The van der Waals surface area contributed by atoms with Crippen molar-refractivity contribution < 1.29 is 23.9 Å². The third kappa shape index (κ3) is 4.38. The van der Waals surface area contributed by atoms with Gasteiger partial charge in [0.05, 0.1) is 29.5 Å². The van der Waals surface area contributed by atoms with Crippen LogP contribution in [0.5, 0.6) is 0 Å². The number of carboxylic acid groups (broad SMARTS) is 1. The van der Waals surface area contributed by atoms with E-state index in [2.05, 4.69) is 20.8 Å². The number of carboxylic acids is 1. The van der Waals surface area contributed by atoms with Crippen LogP contribution in [0.15, 0.2) is 36.5 Å². The number of carbonyl (C=O) groups is 3. The summed E-state index contributed by atoms with van der Waals surface area (Å²) in [7, 11) is 1.79. The molecule has 3 N–H and O–H groups in total. The van der Waals surface area contributed by atoms with Crippen LogP contribution in [0.2, 0.25) is 0 Å². The van der Waals surface area contributed by atoms with Gasteiger partial charge in [-0.25, -0.2) is 4.39 Å². The molecule has 2 amide bonds. The van der Waals surface area contributed by atoms with Gasteiger partial charge in [0.2, 0.25) is 11.8 Å². The number of fused-ring (bicyclic) bond motifs is 2. The summed E-state index contributed by atoms with van der Waals surface area (Å²) >= 11 is 0. The fourth-order valence-corrected chi connectivity index (χ4v) is 3.75. The molecule has 4 aromatic rings. The largest absolute Gasteiger partial charge is 0.480 e. The van der Waals surface area contributed by atoms with Gasteiger partial charge >= 0.3 is 5.97 Å². The summed E-state index contributed by atoms with van der Waals surface area (Å²) in [6, 6.07) is 8.53. The Morgan fingerprint density at radius 2 is 1.82 bits per heavy atom. The normalized spacial score (nSPS) is 11.1. The third-order valence-electron chi connectivity index (χ3n) is 5.25. The Morgan fingerprint density at radius 3 is 2.58 bits per heavy atom. The van der Waals surface area contributed by atoms with Crippen LogP contribution in [0, 0.1) is 12.7 Å². The first kappa shape index (κ1) is 21.9. The second-order valence-electron chi connectivity index (χ2n) is 7.55. The molecule has 11 heteroatoms. The number of hydrogen-bond acceptors (Lipinski definition) is 5. The van der Waals surface area contributed by atoms with Crippen LogP contribution in [-0.4, -0.2) is 55.5 Å². The fraction of sp³-hybridized carbons (Fsp3) is 0.227. The van der Waals surface area contributed by atoms with Crippen LogP contribution < -0.4 is 10.6 Å². The summed E-state index contributed by atoms with van der Waals surface area (Å²) in [6.07, 6.45) is 1.60. The van der Waals surface area contributed by atoms with E-state index in [0.717, 1.165) is 5.52 Å². The molecule has 0 spiro atoms. The SMILES string of the molecule is Cc1nn(CC(=O)NCC(=O)NCC(=O)O)c2cccc(-c3cc4c(cnn4C)cc3F)c12. The number of aromatic nitrogens is 4. The minimum Gasteiger partial charge on any atom is -0.480 e. The number of halogens is 1. The molecule has 4 rings (SSSR count). The minimum absolute atomic E-state index is 0.163. The molecule has 0 aliphatic heterocycles. The molecular formula is C22H21FN6O4. The Bertz CT molecular complexity index is 1410. The smallest absolute Gasteiger partial charge is 0.322 e. The molecule has 0 saturated heterocycles. The van der Waals surface area contributed by atoms with Gasteiger partial charge in [-0.1, -0.05) is 12.1 Å². The zero-order valence-electron chi connectivity index (χ0n) is 17.9. The zero-order valence-corrected chi connectivity index (χ0v) is 17.9. The number of hydrogen-bond donors (Lipinski definition) is 3. The highest BCUT2D eigenvalue weighted by atomic mass is 19.1. The van der Waals surface area contributed by atoms with Crippen molar-refractivity contribution in [3.05, 3.63) is 48.0 Å². The molecule has 2 aromatic carbocycles. The highest BCUT2D eigenvalue weighted by Gasteiger charge is 2.18. The van der Waals surface area contributed by atoms with Gasteiger partial charge in [-0.3, -0.25) is 23.7 Å². The van der Waals surface area contributed by atoms with Gasteiger partial charge in [0.25, 0.3) is 0 Å². The highest BCUT2D eigenvalue weighted by molar-refractivity contribution is 5.99.